The summed E-state index contributed by atoms with van der Waals surface area (Å²) >= 11 is 5.81. The van der Waals surface area contributed by atoms with Gasteiger partial charge >= 0.3 is 0 Å². The summed E-state index contributed by atoms with van der Waals surface area (Å²) in [5.41, 5.74) is 1.68. The van der Waals surface area contributed by atoms with Crippen molar-refractivity contribution in [3.05, 3.63) is 23.6 Å². The maximum absolute atomic E-state index is 5.81. The van der Waals surface area contributed by atoms with E-state index < -0.39 is 0 Å². The van der Waals surface area contributed by atoms with Gasteiger partial charge in [0.25, 0.3) is 0 Å². The van der Waals surface area contributed by atoms with Crippen LogP contribution in [0.3, 0.4) is 0 Å². The molecule has 0 saturated heterocycles. The minimum Gasteiger partial charge on any atom is -0.306 e. The number of hydrogen-bond donors (Lipinski definition) is 0. The number of imidazole rings is 1. The molecule has 3 nitrogen and oxygen atoms in total. The molecule has 0 aliphatic carbocycles. The molecule has 0 saturated carbocycles. The van der Waals surface area contributed by atoms with E-state index in [1.807, 2.05) is 10.6 Å². The van der Waals surface area contributed by atoms with E-state index in [9.17, 15) is 0 Å². The summed E-state index contributed by atoms with van der Waals surface area (Å²) in [4.78, 5) is 8.35. The normalized spacial score (nSPS) is 11.0. The van der Waals surface area contributed by atoms with E-state index in [-0.39, 0.29) is 0 Å². The van der Waals surface area contributed by atoms with Crippen LogP contribution in [0, 0.1) is 6.33 Å². The lowest BCUT2D eigenvalue weighted by Gasteiger charge is -2.00. The minimum absolute atomic E-state index is 0.617. The first-order valence-corrected chi connectivity index (χ1v) is 5.08. The molecule has 2 aromatic rings. The highest BCUT2D eigenvalue weighted by Crippen LogP contribution is 2.15. The number of aryl methyl sites for hydroxylation is 1. The Morgan fingerprint density at radius 3 is 3.21 bits per heavy atom. The molecular formula is C10H11ClN3. The minimum atomic E-state index is 0.617. The van der Waals surface area contributed by atoms with Gasteiger partial charge in [0.05, 0.1) is 5.02 Å². The van der Waals surface area contributed by atoms with Crippen LogP contribution in [0.15, 0.2) is 12.3 Å². The molecule has 2 heterocycles. The molecule has 2 rings (SSSR count). The Morgan fingerprint density at radius 1 is 1.57 bits per heavy atom. The van der Waals surface area contributed by atoms with Crippen molar-refractivity contribution in [3.63, 3.8) is 0 Å². The molecule has 4 heteroatoms. The molecule has 14 heavy (non-hydrogen) atoms. The maximum atomic E-state index is 5.81. The van der Waals surface area contributed by atoms with Gasteiger partial charge in [0.15, 0.2) is 12.0 Å². The van der Waals surface area contributed by atoms with Crippen LogP contribution in [-0.4, -0.2) is 14.5 Å². The van der Waals surface area contributed by atoms with E-state index in [1.54, 1.807) is 6.20 Å². The van der Waals surface area contributed by atoms with Crippen LogP contribution < -0.4 is 0 Å². The highest BCUT2D eigenvalue weighted by Gasteiger charge is 2.04. The van der Waals surface area contributed by atoms with Crippen LogP contribution in [0.25, 0.3) is 11.2 Å². The van der Waals surface area contributed by atoms with Gasteiger partial charge in [-0.05, 0) is 12.5 Å². The zero-order valence-corrected chi connectivity index (χ0v) is 8.75. The van der Waals surface area contributed by atoms with E-state index in [0.717, 1.165) is 30.6 Å². The summed E-state index contributed by atoms with van der Waals surface area (Å²) in [6.45, 7) is 3.07. The van der Waals surface area contributed by atoms with Gasteiger partial charge in [0, 0.05) is 12.7 Å². The number of nitrogens with zero attached hydrogens (tertiary/aromatic N) is 3. The molecule has 0 aliphatic heterocycles. The summed E-state index contributed by atoms with van der Waals surface area (Å²) < 4.78 is 1.94. The van der Waals surface area contributed by atoms with E-state index in [1.165, 1.54) is 0 Å². The van der Waals surface area contributed by atoms with Gasteiger partial charge in [-0.25, -0.2) is 9.97 Å². The summed E-state index contributed by atoms with van der Waals surface area (Å²) in [6.07, 6.45) is 6.83. The molecular weight excluding hydrogens is 198 g/mol. The molecule has 0 aromatic carbocycles. The molecule has 2 aromatic heterocycles. The molecule has 0 N–H and O–H groups in total. The topological polar surface area (TPSA) is 30.7 Å². The lowest BCUT2D eigenvalue weighted by molar-refractivity contribution is 0.638. The fourth-order valence-corrected chi connectivity index (χ4v) is 1.50. The third-order valence-corrected chi connectivity index (χ3v) is 2.30. The lowest BCUT2D eigenvalue weighted by Crippen LogP contribution is -1.96. The summed E-state index contributed by atoms with van der Waals surface area (Å²) in [5.74, 6) is 0. The van der Waals surface area contributed by atoms with Crippen LogP contribution in [0.5, 0.6) is 0 Å². The van der Waals surface area contributed by atoms with Crippen molar-refractivity contribution in [2.45, 2.75) is 26.3 Å². The number of hydrogen-bond acceptors (Lipinski definition) is 2. The van der Waals surface area contributed by atoms with Crippen LogP contribution in [0.2, 0.25) is 5.02 Å². The van der Waals surface area contributed by atoms with E-state index in [4.69, 9.17) is 11.6 Å². The van der Waals surface area contributed by atoms with Gasteiger partial charge in [-0.1, -0.05) is 24.9 Å². The highest BCUT2D eigenvalue weighted by atomic mass is 35.5. The van der Waals surface area contributed by atoms with Gasteiger partial charge in [0.1, 0.15) is 5.52 Å². The predicted molar refractivity (Wildman–Crippen MR) is 56.3 cm³/mol. The Kier molecular flexibility index (Phi) is 2.68. The SMILES string of the molecule is CCCCn1[c]nc2cc(Cl)cnc21. The zero-order valence-electron chi connectivity index (χ0n) is 8.00. The third-order valence-electron chi connectivity index (χ3n) is 2.10. The van der Waals surface area contributed by atoms with Gasteiger partial charge in [-0.3, -0.25) is 0 Å². The number of rotatable bonds is 3. The largest absolute Gasteiger partial charge is 0.306 e. The second-order valence-corrected chi connectivity index (χ2v) is 3.65. The van der Waals surface area contributed by atoms with Crippen LogP contribution in [-0.2, 0) is 6.54 Å². The smallest absolute Gasteiger partial charge is 0.178 e. The Balaban J connectivity index is 2.37. The zero-order chi connectivity index (χ0) is 9.97. The second kappa shape index (κ2) is 3.96. The number of fused-ring (bicyclic) bond motifs is 1. The van der Waals surface area contributed by atoms with E-state index in [0.29, 0.717) is 5.02 Å². The molecule has 0 bridgehead atoms. The number of pyridine rings is 1. The number of aromatic nitrogens is 3. The molecule has 73 valence electrons. The third kappa shape index (κ3) is 1.73. The van der Waals surface area contributed by atoms with Crippen LogP contribution in [0.4, 0.5) is 0 Å². The number of unbranched alkanes of at least 4 members (excludes halogenated alkanes) is 1. The van der Waals surface area contributed by atoms with Crippen LogP contribution >= 0.6 is 11.6 Å². The second-order valence-electron chi connectivity index (χ2n) is 3.21. The van der Waals surface area contributed by atoms with Gasteiger partial charge < -0.3 is 4.57 Å². The average molecular weight is 209 g/mol. The molecule has 0 atom stereocenters. The Labute approximate surface area is 87.7 Å². The quantitative estimate of drug-likeness (QED) is 0.777. The van der Waals surface area contributed by atoms with E-state index in [2.05, 4.69) is 23.2 Å². The Hall–Kier alpha value is -1.09. The van der Waals surface area contributed by atoms with E-state index >= 15 is 0 Å². The fourth-order valence-electron chi connectivity index (χ4n) is 1.35. The lowest BCUT2D eigenvalue weighted by atomic mass is 10.3. The van der Waals surface area contributed by atoms with Crippen molar-refractivity contribution in [2.24, 2.45) is 0 Å². The molecule has 0 fully saturated rings. The van der Waals surface area contributed by atoms with Crippen molar-refractivity contribution in [1.29, 1.82) is 0 Å². The standard InChI is InChI=1S/C10H11ClN3/c1-2-3-4-14-7-13-9-5-8(11)6-12-10(9)14/h5-6H,2-4H2,1H3. The van der Waals surface area contributed by atoms with Crippen molar-refractivity contribution >= 4 is 22.8 Å². The van der Waals surface area contributed by atoms with Crippen LogP contribution in [0.1, 0.15) is 19.8 Å². The average Bonchev–Trinajstić information content (AvgIpc) is 2.57. The van der Waals surface area contributed by atoms with Crippen molar-refractivity contribution in [3.8, 4) is 0 Å². The maximum Gasteiger partial charge on any atom is 0.178 e. The molecule has 0 aliphatic rings. The summed E-state index contributed by atoms with van der Waals surface area (Å²) in [5, 5.41) is 0.617. The predicted octanol–water partition coefficient (Wildman–Crippen LogP) is 2.68. The summed E-state index contributed by atoms with van der Waals surface area (Å²) in [6, 6.07) is 1.81. The van der Waals surface area contributed by atoms with Crippen molar-refractivity contribution in [2.75, 3.05) is 0 Å². The van der Waals surface area contributed by atoms with Crippen molar-refractivity contribution in [1.82, 2.24) is 14.5 Å². The fraction of sp³-hybridized carbons (Fsp3) is 0.400. The van der Waals surface area contributed by atoms with Gasteiger partial charge in [-0.2, -0.15) is 0 Å². The molecule has 0 unspecified atom stereocenters. The van der Waals surface area contributed by atoms with Gasteiger partial charge in [-0.15, -0.1) is 0 Å². The first kappa shape index (κ1) is 9.46. The monoisotopic (exact) mass is 208 g/mol. The van der Waals surface area contributed by atoms with Crippen molar-refractivity contribution < 1.29 is 0 Å². The molecule has 0 spiro atoms. The Bertz CT molecular complexity index is 436. The number of halogens is 1. The molecule has 0 amide bonds. The first-order valence-electron chi connectivity index (χ1n) is 4.70. The summed E-state index contributed by atoms with van der Waals surface area (Å²) in [7, 11) is 0. The Morgan fingerprint density at radius 2 is 2.43 bits per heavy atom. The van der Waals surface area contributed by atoms with Gasteiger partial charge in [0.2, 0.25) is 0 Å². The first-order chi connectivity index (χ1) is 6.81. The molecule has 1 radical (unpaired) electrons. The highest BCUT2D eigenvalue weighted by molar-refractivity contribution is 6.30.